The van der Waals surface area contributed by atoms with Gasteiger partial charge in [0.1, 0.15) is 0 Å². The molecule has 156 valence electrons. The number of nitrogens with one attached hydrogen (secondary N) is 1. The summed E-state index contributed by atoms with van der Waals surface area (Å²) in [4.78, 5) is 13.7. The highest BCUT2D eigenvalue weighted by molar-refractivity contribution is 7.89. The van der Waals surface area contributed by atoms with E-state index in [-0.39, 0.29) is 10.8 Å². The molecule has 1 heterocycles. The van der Waals surface area contributed by atoms with Crippen molar-refractivity contribution in [2.45, 2.75) is 30.6 Å². The van der Waals surface area contributed by atoms with Crippen LogP contribution in [0.5, 0.6) is 11.5 Å². The van der Waals surface area contributed by atoms with Gasteiger partial charge in [-0.1, -0.05) is 6.07 Å². The van der Waals surface area contributed by atoms with E-state index in [1.165, 1.54) is 12.1 Å². The van der Waals surface area contributed by atoms with E-state index in [2.05, 4.69) is 4.72 Å². The van der Waals surface area contributed by atoms with Crippen molar-refractivity contribution in [1.82, 2.24) is 4.72 Å². The summed E-state index contributed by atoms with van der Waals surface area (Å²) >= 11 is 0. The molecule has 1 fully saturated rings. The summed E-state index contributed by atoms with van der Waals surface area (Å²) in [6.07, 6.45) is 2.73. The number of sulfonamides is 1. The van der Waals surface area contributed by atoms with Gasteiger partial charge < -0.3 is 14.4 Å². The van der Waals surface area contributed by atoms with Crippen molar-refractivity contribution in [3.8, 4) is 11.5 Å². The van der Waals surface area contributed by atoms with Gasteiger partial charge in [0.15, 0.2) is 11.5 Å². The van der Waals surface area contributed by atoms with Gasteiger partial charge in [-0.05, 0) is 61.2 Å². The number of ether oxygens (including phenoxy) is 2. The maximum atomic E-state index is 12.5. The van der Waals surface area contributed by atoms with Gasteiger partial charge in [0.05, 0.1) is 19.1 Å². The number of carbonyl (C=O) groups is 1. The molecule has 2 aromatic carbocycles. The van der Waals surface area contributed by atoms with Crippen LogP contribution in [0.4, 0.5) is 5.69 Å². The molecule has 7 nitrogen and oxygen atoms in total. The van der Waals surface area contributed by atoms with Crippen LogP contribution in [-0.4, -0.2) is 41.6 Å². The van der Waals surface area contributed by atoms with E-state index in [9.17, 15) is 13.2 Å². The van der Waals surface area contributed by atoms with Gasteiger partial charge in [-0.25, -0.2) is 13.1 Å². The molecule has 1 amide bonds. The number of rotatable bonds is 9. The topological polar surface area (TPSA) is 84.9 Å². The number of hydrogen-bond donors (Lipinski definition) is 1. The molecule has 0 aromatic heterocycles. The lowest BCUT2D eigenvalue weighted by Crippen LogP contribution is -2.26. The Bertz CT molecular complexity index is 958. The number of hydrogen-bond acceptors (Lipinski definition) is 5. The fourth-order valence-corrected chi connectivity index (χ4v) is 4.42. The molecule has 0 radical (unpaired) electrons. The van der Waals surface area contributed by atoms with Gasteiger partial charge in [-0.3, -0.25) is 4.79 Å². The van der Waals surface area contributed by atoms with Crippen molar-refractivity contribution in [3.63, 3.8) is 0 Å². The van der Waals surface area contributed by atoms with Gasteiger partial charge in [-0.2, -0.15) is 0 Å². The summed E-state index contributed by atoms with van der Waals surface area (Å²) in [5.74, 6) is 1.40. The Balaban J connectivity index is 1.54. The second-order valence-electron chi connectivity index (χ2n) is 6.83. The SMILES string of the molecule is COc1ccc(CCCNS(=O)(=O)c2ccc(N3CCCC3=O)cc2)cc1OC. The van der Waals surface area contributed by atoms with Crippen molar-refractivity contribution in [1.29, 1.82) is 0 Å². The van der Waals surface area contributed by atoms with Crippen molar-refractivity contribution in [3.05, 3.63) is 48.0 Å². The molecule has 1 aliphatic rings. The van der Waals surface area contributed by atoms with Gasteiger partial charge in [0.2, 0.25) is 15.9 Å². The molecular formula is C21H26N2O5S. The lowest BCUT2D eigenvalue weighted by atomic mass is 10.1. The van der Waals surface area contributed by atoms with Crippen LogP contribution in [0.25, 0.3) is 0 Å². The van der Waals surface area contributed by atoms with Gasteiger partial charge in [-0.15, -0.1) is 0 Å². The number of amides is 1. The first kappa shape index (κ1) is 21.1. The van der Waals surface area contributed by atoms with Crippen LogP contribution in [0.2, 0.25) is 0 Å². The summed E-state index contributed by atoms with van der Waals surface area (Å²) in [7, 11) is -0.421. The molecule has 0 unspecified atom stereocenters. The van der Waals surface area contributed by atoms with Gasteiger partial charge in [0, 0.05) is 25.2 Å². The number of carbonyl (C=O) groups excluding carboxylic acids is 1. The number of anilines is 1. The first-order valence-corrected chi connectivity index (χ1v) is 11.0. The number of benzene rings is 2. The minimum absolute atomic E-state index is 0.0777. The van der Waals surface area contributed by atoms with Gasteiger partial charge in [0.25, 0.3) is 0 Å². The Kier molecular flexibility index (Phi) is 6.76. The van der Waals surface area contributed by atoms with Crippen LogP contribution in [-0.2, 0) is 21.2 Å². The van der Waals surface area contributed by atoms with Crippen LogP contribution in [0.15, 0.2) is 47.4 Å². The van der Waals surface area contributed by atoms with Crippen molar-refractivity contribution >= 4 is 21.6 Å². The molecule has 3 rings (SSSR count). The minimum atomic E-state index is -3.59. The highest BCUT2D eigenvalue weighted by atomic mass is 32.2. The third-order valence-electron chi connectivity index (χ3n) is 4.91. The zero-order valence-corrected chi connectivity index (χ0v) is 17.5. The summed E-state index contributed by atoms with van der Waals surface area (Å²) < 4.78 is 38.1. The van der Waals surface area contributed by atoms with E-state index >= 15 is 0 Å². The molecule has 1 N–H and O–H groups in total. The maximum Gasteiger partial charge on any atom is 0.240 e. The molecule has 0 atom stereocenters. The van der Waals surface area contributed by atoms with Crippen molar-refractivity contribution in [2.24, 2.45) is 0 Å². The molecule has 8 heteroatoms. The third kappa shape index (κ3) is 5.07. The van der Waals surface area contributed by atoms with E-state index in [0.717, 1.165) is 17.7 Å². The minimum Gasteiger partial charge on any atom is -0.493 e. The average Bonchev–Trinajstić information content (AvgIpc) is 3.17. The van der Waals surface area contributed by atoms with Crippen LogP contribution < -0.4 is 19.1 Å². The Morgan fingerprint density at radius 2 is 1.76 bits per heavy atom. The second-order valence-corrected chi connectivity index (χ2v) is 8.60. The monoisotopic (exact) mass is 418 g/mol. The summed E-state index contributed by atoms with van der Waals surface area (Å²) in [5.41, 5.74) is 1.78. The Morgan fingerprint density at radius 3 is 2.38 bits per heavy atom. The number of methoxy groups -OCH3 is 2. The molecule has 1 aliphatic heterocycles. The lowest BCUT2D eigenvalue weighted by Gasteiger charge is -2.16. The molecule has 1 saturated heterocycles. The predicted molar refractivity (Wildman–Crippen MR) is 111 cm³/mol. The molecule has 0 spiro atoms. The first-order chi connectivity index (χ1) is 13.9. The van der Waals surface area contributed by atoms with Crippen LogP contribution in [0.3, 0.4) is 0 Å². The fraction of sp³-hybridized carbons (Fsp3) is 0.381. The predicted octanol–water partition coefficient (Wildman–Crippen LogP) is 2.74. The number of aryl methyl sites for hydroxylation is 1. The summed E-state index contributed by atoms with van der Waals surface area (Å²) in [5, 5.41) is 0. The molecule has 0 bridgehead atoms. The van der Waals surface area contributed by atoms with Crippen molar-refractivity contribution in [2.75, 3.05) is 32.2 Å². The van der Waals surface area contributed by atoms with E-state index in [1.54, 1.807) is 31.3 Å². The van der Waals surface area contributed by atoms with Crippen LogP contribution in [0.1, 0.15) is 24.8 Å². The fourth-order valence-electron chi connectivity index (χ4n) is 3.34. The molecule has 0 aliphatic carbocycles. The molecule has 2 aromatic rings. The Morgan fingerprint density at radius 1 is 1.03 bits per heavy atom. The molecule has 0 saturated carbocycles. The zero-order valence-electron chi connectivity index (χ0n) is 16.7. The maximum absolute atomic E-state index is 12.5. The van der Waals surface area contributed by atoms with Crippen LogP contribution >= 0.6 is 0 Å². The first-order valence-electron chi connectivity index (χ1n) is 9.55. The Labute approximate surface area is 171 Å². The smallest absolute Gasteiger partial charge is 0.240 e. The van der Waals surface area contributed by atoms with Crippen LogP contribution in [0, 0.1) is 0 Å². The third-order valence-corrected chi connectivity index (χ3v) is 6.39. The number of nitrogens with zero attached hydrogens (tertiary/aromatic N) is 1. The standard InChI is InChI=1S/C21H26N2O5S/c1-27-19-12-7-16(15-20(19)28-2)5-3-13-22-29(25,26)18-10-8-17(9-11-18)23-14-4-6-21(23)24/h7-12,15,22H,3-6,13-14H2,1-2H3. The second kappa shape index (κ2) is 9.28. The van der Waals surface area contributed by atoms with E-state index in [0.29, 0.717) is 43.9 Å². The lowest BCUT2D eigenvalue weighted by molar-refractivity contribution is -0.117. The van der Waals surface area contributed by atoms with E-state index in [1.807, 2.05) is 18.2 Å². The highest BCUT2D eigenvalue weighted by Gasteiger charge is 2.22. The van der Waals surface area contributed by atoms with E-state index in [4.69, 9.17) is 9.47 Å². The normalized spacial score (nSPS) is 14.3. The zero-order chi connectivity index (χ0) is 20.9. The average molecular weight is 419 g/mol. The molecule has 29 heavy (non-hydrogen) atoms. The van der Waals surface area contributed by atoms with Gasteiger partial charge >= 0.3 is 0 Å². The molecular weight excluding hydrogens is 392 g/mol. The highest BCUT2D eigenvalue weighted by Crippen LogP contribution is 2.28. The Hall–Kier alpha value is -2.58. The van der Waals surface area contributed by atoms with E-state index < -0.39 is 10.0 Å². The largest absolute Gasteiger partial charge is 0.493 e. The quantitative estimate of drug-likeness (QED) is 0.633. The summed E-state index contributed by atoms with van der Waals surface area (Å²) in [6.45, 7) is 1.00. The van der Waals surface area contributed by atoms with Crippen molar-refractivity contribution < 1.29 is 22.7 Å². The summed E-state index contributed by atoms with van der Waals surface area (Å²) in [6, 6.07) is 12.1.